The van der Waals surface area contributed by atoms with E-state index in [1.165, 1.54) is 11.1 Å². The van der Waals surface area contributed by atoms with Crippen LogP contribution < -0.4 is 9.64 Å². The fourth-order valence-electron chi connectivity index (χ4n) is 4.70. The van der Waals surface area contributed by atoms with Gasteiger partial charge in [-0.1, -0.05) is 61.0 Å². The average Bonchev–Trinajstić information content (AvgIpc) is 2.88. The van der Waals surface area contributed by atoms with Crippen LogP contribution in [0.15, 0.2) is 72.8 Å². The van der Waals surface area contributed by atoms with Crippen molar-refractivity contribution in [3.63, 3.8) is 0 Å². The van der Waals surface area contributed by atoms with Gasteiger partial charge in [-0.25, -0.2) is 0 Å². The highest BCUT2D eigenvalue weighted by Gasteiger charge is 2.30. The molecule has 2 atom stereocenters. The summed E-state index contributed by atoms with van der Waals surface area (Å²) < 4.78 is 5.74. The second kappa shape index (κ2) is 11.3. The minimum atomic E-state index is -0.908. The fraction of sp³-hybridized carbons (Fsp3) is 0.367. The first kappa shape index (κ1) is 26.0. The second-order valence-electron chi connectivity index (χ2n) is 10.2. The molecule has 0 amide bonds. The summed E-state index contributed by atoms with van der Waals surface area (Å²) in [6, 6.07) is 26.6. The normalized spacial score (nSPS) is 17.4. The second-order valence-corrected chi connectivity index (χ2v) is 10.6. The number of piperazine rings is 1. The number of ether oxygens (including phenoxy) is 1. The van der Waals surface area contributed by atoms with Gasteiger partial charge < -0.3 is 14.7 Å². The van der Waals surface area contributed by atoms with Crippen molar-refractivity contribution in [2.24, 2.45) is 0 Å². The number of nitriles is 1. The van der Waals surface area contributed by atoms with E-state index in [1.807, 2.05) is 36.4 Å². The fourth-order valence-corrected chi connectivity index (χ4v) is 4.98. The molecule has 1 fully saturated rings. The summed E-state index contributed by atoms with van der Waals surface area (Å²) in [5.41, 5.74) is 3.27. The van der Waals surface area contributed by atoms with Crippen LogP contribution in [0.25, 0.3) is 0 Å². The van der Waals surface area contributed by atoms with Crippen LogP contribution in [0.3, 0.4) is 0 Å². The average molecular weight is 504 g/mol. The van der Waals surface area contributed by atoms with Crippen molar-refractivity contribution in [2.75, 3.05) is 37.7 Å². The van der Waals surface area contributed by atoms with E-state index in [4.69, 9.17) is 21.6 Å². The summed E-state index contributed by atoms with van der Waals surface area (Å²) in [6.45, 7) is 9.49. The van der Waals surface area contributed by atoms with Crippen LogP contribution in [0.2, 0.25) is 5.02 Å². The zero-order valence-corrected chi connectivity index (χ0v) is 21.9. The van der Waals surface area contributed by atoms with Gasteiger partial charge in [0.15, 0.2) is 0 Å². The molecular weight excluding hydrogens is 470 g/mol. The van der Waals surface area contributed by atoms with Crippen molar-refractivity contribution in [1.29, 1.82) is 5.26 Å². The van der Waals surface area contributed by atoms with Crippen LogP contribution >= 0.6 is 11.6 Å². The maximum absolute atomic E-state index is 9.97. The van der Waals surface area contributed by atoms with Gasteiger partial charge in [0.05, 0.1) is 34.0 Å². The van der Waals surface area contributed by atoms with E-state index in [2.05, 4.69) is 59.2 Å². The van der Waals surface area contributed by atoms with E-state index >= 15 is 0 Å². The zero-order valence-electron chi connectivity index (χ0n) is 21.2. The highest BCUT2D eigenvalue weighted by molar-refractivity contribution is 6.33. The summed E-state index contributed by atoms with van der Waals surface area (Å²) in [6.07, 6.45) is 0. The summed E-state index contributed by atoms with van der Waals surface area (Å²) in [7, 11) is 0. The number of aliphatic hydroxyl groups is 1. The molecule has 3 aromatic carbocycles. The molecule has 3 aromatic rings. The van der Waals surface area contributed by atoms with Gasteiger partial charge >= 0.3 is 0 Å². The Hall–Kier alpha value is -3.04. The van der Waals surface area contributed by atoms with Gasteiger partial charge in [0.1, 0.15) is 12.4 Å². The highest BCUT2D eigenvalue weighted by atomic mass is 35.5. The van der Waals surface area contributed by atoms with Crippen molar-refractivity contribution < 1.29 is 9.84 Å². The van der Waals surface area contributed by atoms with E-state index in [0.29, 0.717) is 22.3 Å². The molecule has 4 rings (SSSR count). The summed E-state index contributed by atoms with van der Waals surface area (Å²) in [4.78, 5) is 4.91. The van der Waals surface area contributed by atoms with E-state index < -0.39 is 5.60 Å². The first-order valence-electron chi connectivity index (χ1n) is 12.4. The third kappa shape index (κ3) is 6.59. The smallest absolute Gasteiger partial charge is 0.121 e. The number of halogens is 1. The number of benzene rings is 3. The summed E-state index contributed by atoms with van der Waals surface area (Å²) in [5, 5.41) is 19.7. The van der Waals surface area contributed by atoms with E-state index in [0.717, 1.165) is 31.9 Å². The first-order chi connectivity index (χ1) is 17.2. The Morgan fingerprint density at radius 2 is 1.81 bits per heavy atom. The van der Waals surface area contributed by atoms with Gasteiger partial charge in [-0.15, -0.1) is 0 Å². The summed E-state index contributed by atoms with van der Waals surface area (Å²) >= 11 is 6.77. The lowest BCUT2D eigenvalue weighted by Crippen LogP contribution is -2.49. The standard InChI is InChI=1S/C30H34ClN3O2/c1-22(24-11-9-23(18-32)10-12-24)19-33-15-16-34(29(20-33)25-7-5-4-6-8-25)28-14-13-26(17-27(28)31)36-21-30(2,3)35/h4-14,17,22,29,35H,15-16,19-21H2,1-3H3/t22-,29+/m1/s1. The molecule has 6 heteroatoms. The van der Waals surface area contributed by atoms with Gasteiger partial charge in [-0.3, -0.25) is 4.90 Å². The van der Waals surface area contributed by atoms with Crippen molar-refractivity contribution in [3.8, 4) is 11.8 Å². The lowest BCUT2D eigenvalue weighted by atomic mass is 9.97. The highest BCUT2D eigenvalue weighted by Crippen LogP contribution is 2.37. The zero-order chi connectivity index (χ0) is 25.7. The molecule has 36 heavy (non-hydrogen) atoms. The van der Waals surface area contributed by atoms with Gasteiger partial charge in [0, 0.05) is 32.2 Å². The Bertz CT molecular complexity index is 1190. The molecule has 0 unspecified atom stereocenters. The topological polar surface area (TPSA) is 59.7 Å². The molecule has 1 heterocycles. The molecule has 0 spiro atoms. The van der Waals surface area contributed by atoms with Crippen molar-refractivity contribution in [1.82, 2.24) is 4.90 Å². The molecule has 0 bridgehead atoms. The number of rotatable bonds is 8. The quantitative estimate of drug-likeness (QED) is 0.406. The number of hydrogen-bond donors (Lipinski definition) is 1. The molecule has 0 aromatic heterocycles. The Kier molecular flexibility index (Phi) is 8.21. The van der Waals surface area contributed by atoms with Crippen LogP contribution in [0, 0.1) is 11.3 Å². The predicted molar refractivity (Wildman–Crippen MR) is 146 cm³/mol. The molecule has 0 aliphatic carbocycles. The van der Waals surface area contributed by atoms with Gasteiger partial charge in [-0.05, 0) is 55.2 Å². The molecule has 1 aliphatic rings. The molecule has 1 N–H and O–H groups in total. The van der Waals surface area contributed by atoms with Crippen LogP contribution in [-0.4, -0.2) is 48.4 Å². The Balaban J connectivity index is 1.52. The maximum Gasteiger partial charge on any atom is 0.121 e. The number of hydrogen-bond acceptors (Lipinski definition) is 5. The minimum absolute atomic E-state index is 0.161. The first-order valence-corrected chi connectivity index (χ1v) is 12.8. The molecule has 0 radical (unpaired) electrons. The van der Waals surface area contributed by atoms with E-state index in [1.54, 1.807) is 13.8 Å². The van der Waals surface area contributed by atoms with Crippen molar-refractivity contribution >= 4 is 17.3 Å². The maximum atomic E-state index is 9.97. The van der Waals surface area contributed by atoms with E-state index in [-0.39, 0.29) is 12.6 Å². The van der Waals surface area contributed by atoms with Crippen molar-refractivity contribution in [3.05, 3.63) is 94.5 Å². The largest absolute Gasteiger partial charge is 0.491 e. The predicted octanol–water partition coefficient (Wildman–Crippen LogP) is 6.03. The number of anilines is 1. The lowest BCUT2D eigenvalue weighted by Gasteiger charge is -2.44. The molecule has 0 saturated carbocycles. The molecular formula is C30H34ClN3O2. The van der Waals surface area contributed by atoms with Crippen LogP contribution in [0.4, 0.5) is 5.69 Å². The molecule has 1 aliphatic heterocycles. The lowest BCUT2D eigenvalue weighted by molar-refractivity contribution is 0.0285. The van der Waals surface area contributed by atoms with Gasteiger partial charge in [0.25, 0.3) is 0 Å². The van der Waals surface area contributed by atoms with Gasteiger partial charge in [0.2, 0.25) is 0 Å². The Labute approximate surface area is 219 Å². The molecule has 1 saturated heterocycles. The van der Waals surface area contributed by atoms with Crippen LogP contribution in [0.5, 0.6) is 5.75 Å². The summed E-state index contributed by atoms with van der Waals surface area (Å²) in [5.74, 6) is 1.01. The third-order valence-electron chi connectivity index (χ3n) is 6.61. The van der Waals surface area contributed by atoms with Gasteiger partial charge in [-0.2, -0.15) is 5.26 Å². The third-order valence-corrected chi connectivity index (χ3v) is 6.91. The van der Waals surface area contributed by atoms with Crippen LogP contribution in [-0.2, 0) is 0 Å². The monoisotopic (exact) mass is 503 g/mol. The Morgan fingerprint density at radius 1 is 1.08 bits per heavy atom. The molecule has 188 valence electrons. The Morgan fingerprint density at radius 3 is 2.44 bits per heavy atom. The SMILES string of the molecule is C[C@H](CN1CCN(c2ccc(OCC(C)(C)O)cc2Cl)[C@H](c2ccccc2)C1)c1ccc(C#N)cc1. The minimum Gasteiger partial charge on any atom is -0.491 e. The van der Waals surface area contributed by atoms with E-state index in [9.17, 15) is 5.11 Å². The number of nitrogens with zero attached hydrogens (tertiary/aromatic N) is 3. The van der Waals surface area contributed by atoms with Crippen LogP contribution in [0.1, 0.15) is 49.4 Å². The van der Waals surface area contributed by atoms with Crippen molar-refractivity contribution in [2.45, 2.75) is 38.3 Å². The molecule has 5 nitrogen and oxygen atoms in total.